The van der Waals surface area contributed by atoms with Gasteiger partial charge in [-0.1, -0.05) is 48.5 Å². The highest BCUT2D eigenvalue weighted by Gasteiger charge is 2.42. The fourth-order valence-corrected chi connectivity index (χ4v) is 4.03. The van der Waals surface area contributed by atoms with E-state index in [-0.39, 0.29) is 0 Å². The summed E-state index contributed by atoms with van der Waals surface area (Å²) in [5, 5.41) is 3.71. The summed E-state index contributed by atoms with van der Waals surface area (Å²) in [6.45, 7) is 1.13. The van der Waals surface area contributed by atoms with Crippen LogP contribution in [0.25, 0.3) is 0 Å². The van der Waals surface area contributed by atoms with Gasteiger partial charge in [-0.25, -0.2) is 0 Å². The Morgan fingerprint density at radius 3 is 2.60 bits per heavy atom. The summed E-state index contributed by atoms with van der Waals surface area (Å²) in [5.41, 5.74) is 4.27. The number of nitrogens with zero attached hydrogens (tertiary/aromatic N) is 1. The van der Waals surface area contributed by atoms with E-state index in [1.54, 1.807) is 0 Å². The second-order valence-corrected chi connectivity index (χ2v) is 5.91. The Balaban J connectivity index is 1.85. The van der Waals surface area contributed by atoms with E-state index in [2.05, 4.69) is 71.9 Å². The molecule has 0 unspecified atom stereocenters. The number of fused-ring (bicyclic) bond motifs is 3. The zero-order valence-corrected chi connectivity index (χ0v) is 11.8. The molecule has 2 aromatic carbocycles. The molecule has 0 spiro atoms. The average molecular weight is 264 g/mol. The highest BCUT2D eigenvalue weighted by molar-refractivity contribution is 5.59. The lowest BCUT2D eigenvalue weighted by atomic mass is 9.79. The Morgan fingerprint density at radius 2 is 1.75 bits per heavy atom. The molecule has 2 aromatic rings. The first-order valence-corrected chi connectivity index (χ1v) is 7.46. The van der Waals surface area contributed by atoms with Crippen molar-refractivity contribution in [3.05, 3.63) is 65.7 Å². The summed E-state index contributed by atoms with van der Waals surface area (Å²) < 4.78 is 0. The molecule has 0 aromatic heterocycles. The Bertz CT molecular complexity index is 608. The normalized spacial score (nSPS) is 28.1. The molecule has 1 saturated heterocycles. The average Bonchev–Trinajstić information content (AvgIpc) is 2.98. The minimum Gasteiger partial charge on any atom is -0.367 e. The van der Waals surface area contributed by atoms with Gasteiger partial charge >= 0.3 is 0 Å². The number of rotatable bonds is 1. The molecule has 0 amide bonds. The third kappa shape index (κ3) is 1.68. The van der Waals surface area contributed by atoms with Crippen molar-refractivity contribution in [3.63, 3.8) is 0 Å². The van der Waals surface area contributed by atoms with Gasteiger partial charge in [0, 0.05) is 24.7 Å². The standard InChI is InChI=1S/C18H20N2/c1-20-16-10-6-5-9-14(16)17-15(11-12-19-17)18(20)13-7-3-2-4-8-13/h2-10,15,17-19H,11-12H2,1H3/t15-,17-,18-/m0/s1. The minimum atomic E-state index is 0.478. The fraction of sp³-hybridized carbons (Fsp3) is 0.333. The van der Waals surface area contributed by atoms with E-state index >= 15 is 0 Å². The lowest BCUT2D eigenvalue weighted by Gasteiger charge is -2.43. The van der Waals surface area contributed by atoms with Crippen molar-refractivity contribution in [3.8, 4) is 0 Å². The third-order valence-electron chi connectivity index (χ3n) is 4.89. The van der Waals surface area contributed by atoms with Crippen LogP contribution in [0, 0.1) is 5.92 Å². The van der Waals surface area contributed by atoms with Crippen LogP contribution < -0.4 is 10.2 Å². The van der Waals surface area contributed by atoms with Crippen LogP contribution in [-0.2, 0) is 0 Å². The van der Waals surface area contributed by atoms with E-state index in [9.17, 15) is 0 Å². The molecule has 0 bridgehead atoms. The number of hydrogen-bond donors (Lipinski definition) is 1. The molecule has 1 N–H and O–H groups in total. The molecule has 4 rings (SSSR count). The van der Waals surface area contributed by atoms with E-state index in [0.29, 0.717) is 18.0 Å². The lowest BCUT2D eigenvalue weighted by molar-refractivity contribution is 0.356. The van der Waals surface area contributed by atoms with Gasteiger partial charge in [-0.15, -0.1) is 0 Å². The Hall–Kier alpha value is -1.80. The van der Waals surface area contributed by atoms with Crippen LogP contribution in [0.3, 0.4) is 0 Å². The van der Waals surface area contributed by atoms with Gasteiger partial charge in [0.2, 0.25) is 0 Å². The van der Waals surface area contributed by atoms with E-state index < -0.39 is 0 Å². The van der Waals surface area contributed by atoms with E-state index in [1.807, 2.05) is 0 Å². The number of nitrogens with one attached hydrogen (secondary N) is 1. The van der Waals surface area contributed by atoms with Crippen LogP contribution in [0.15, 0.2) is 54.6 Å². The van der Waals surface area contributed by atoms with Gasteiger partial charge in [-0.2, -0.15) is 0 Å². The number of benzene rings is 2. The molecular formula is C18H20N2. The van der Waals surface area contributed by atoms with Crippen molar-refractivity contribution in [2.24, 2.45) is 5.92 Å². The summed E-state index contributed by atoms with van der Waals surface area (Å²) in [4.78, 5) is 2.47. The molecule has 2 nitrogen and oxygen atoms in total. The first kappa shape index (κ1) is 12.0. The van der Waals surface area contributed by atoms with Gasteiger partial charge in [-0.05, 0) is 30.2 Å². The zero-order chi connectivity index (χ0) is 13.5. The highest BCUT2D eigenvalue weighted by atomic mass is 15.2. The molecular weight excluding hydrogens is 244 g/mol. The maximum absolute atomic E-state index is 3.71. The highest BCUT2D eigenvalue weighted by Crippen LogP contribution is 2.49. The second-order valence-electron chi connectivity index (χ2n) is 5.91. The summed E-state index contributed by atoms with van der Waals surface area (Å²) in [5.74, 6) is 0.664. The van der Waals surface area contributed by atoms with Crippen LogP contribution >= 0.6 is 0 Å². The van der Waals surface area contributed by atoms with Gasteiger partial charge in [-0.3, -0.25) is 0 Å². The SMILES string of the molecule is CN1c2ccccc2[C@@H]2NCC[C@@H]2[C@@H]1c1ccccc1. The van der Waals surface area contributed by atoms with Crippen molar-refractivity contribution in [2.45, 2.75) is 18.5 Å². The molecule has 2 heteroatoms. The molecule has 1 fully saturated rings. The third-order valence-corrected chi connectivity index (χ3v) is 4.89. The molecule has 0 saturated carbocycles. The lowest BCUT2D eigenvalue weighted by Crippen LogP contribution is -2.38. The Morgan fingerprint density at radius 1 is 1.00 bits per heavy atom. The van der Waals surface area contributed by atoms with Gasteiger partial charge in [0.15, 0.2) is 0 Å². The van der Waals surface area contributed by atoms with Crippen LogP contribution in [0.4, 0.5) is 5.69 Å². The van der Waals surface area contributed by atoms with Crippen LogP contribution in [-0.4, -0.2) is 13.6 Å². The van der Waals surface area contributed by atoms with Gasteiger partial charge in [0.25, 0.3) is 0 Å². The number of hydrogen-bond acceptors (Lipinski definition) is 2. The van der Waals surface area contributed by atoms with E-state index in [0.717, 1.165) is 6.54 Å². The molecule has 2 heterocycles. The first-order chi connectivity index (χ1) is 9.86. The molecule has 0 aliphatic carbocycles. The number of anilines is 1. The minimum absolute atomic E-state index is 0.478. The van der Waals surface area contributed by atoms with Gasteiger partial charge < -0.3 is 10.2 Å². The van der Waals surface area contributed by atoms with Crippen molar-refractivity contribution in [2.75, 3.05) is 18.5 Å². The molecule has 2 aliphatic heterocycles. The fourth-order valence-electron chi connectivity index (χ4n) is 4.03. The molecule has 3 atom stereocenters. The maximum atomic E-state index is 3.71. The van der Waals surface area contributed by atoms with Gasteiger partial charge in [0.05, 0.1) is 6.04 Å². The predicted octanol–water partition coefficient (Wildman–Crippen LogP) is 3.53. The molecule has 102 valence electrons. The summed E-state index contributed by atoms with van der Waals surface area (Å²) in [7, 11) is 2.24. The molecule has 20 heavy (non-hydrogen) atoms. The quantitative estimate of drug-likeness (QED) is 0.847. The topological polar surface area (TPSA) is 15.3 Å². The molecule has 2 aliphatic rings. The van der Waals surface area contributed by atoms with Crippen LogP contribution in [0.1, 0.15) is 29.6 Å². The van der Waals surface area contributed by atoms with Crippen molar-refractivity contribution in [1.29, 1.82) is 0 Å². The predicted molar refractivity (Wildman–Crippen MR) is 82.9 cm³/mol. The van der Waals surface area contributed by atoms with Gasteiger partial charge in [0.1, 0.15) is 0 Å². The van der Waals surface area contributed by atoms with Crippen LogP contribution in [0.2, 0.25) is 0 Å². The van der Waals surface area contributed by atoms with Crippen molar-refractivity contribution >= 4 is 5.69 Å². The second kappa shape index (κ2) is 4.64. The Labute approximate surface area is 120 Å². The van der Waals surface area contributed by atoms with Crippen molar-refractivity contribution in [1.82, 2.24) is 5.32 Å². The van der Waals surface area contributed by atoms with E-state index in [1.165, 1.54) is 23.2 Å². The molecule has 0 radical (unpaired) electrons. The monoisotopic (exact) mass is 264 g/mol. The first-order valence-electron chi connectivity index (χ1n) is 7.46. The largest absolute Gasteiger partial charge is 0.367 e. The summed E-state index contributed by atoms with van der Waals surface area (Å²) >= 11 is 0. The Kier molecular flexibility index (Phi) is 2.78. The zero-order valence-electron chi connectivity index (χ0n) is 11.8. The van der Waals surface area contributed by atoms with Crippen LogP contribution in [0.5, 0.6) is 0 Å². The van der Waals surface area contributed by atoms with Crippen molar-refractivity contribution < 1.29 is 0 Å². The number of para-hydroxylation sites is 1. The summed E-state index contributed by atoms with van der Waals surface area (Å²) in [6, 6.07) is 20.8. The maximum Gasteiger partial charge on any atom is 0.0586 e. The summed E-state index contributed by atoms with van der Waals surface area (Å²) in [6.07, 6.45) is 1.25. The van der Waals surface area contributed by atoms with E-state index in [4.69, 9.17) is 0 Å². The smallest absolute Gasteiger partial charge is 0.0586 e.